The van der Waals surface area contributed by atoms with Gasteiger partial charge in [0.1, 0.15) is 5.70 Å². The molecule has 0 fully saturated rings. The second kappa shape index (κ2) is 3.68. The highest BCUT2D eigenvalue weighted by Gasteiger charge is 2.32. The van der Waals surface area contributed by atoms with Gasteiger partial charge in [-0.3, -0.25) is 10.2 Å². The average molecular weight is 249 g/mol. The largest absolute Gasteiger partial charge is 0.288 e. The Morgan fingerprint density at radius 1 is 1.21 bits per heavy atom. The summed E-state index contributed by atoms with van der Waals surface area (Å²) in [5, 5.41) is 3.99. The molecule has 1 heterocycles. The van der Waals surface area contributed by atoms with Gasteiger partial charge in [0.2, 0.25) is 5.78 Å². The highest BCUT2D eigenvalue weighted by Crippen LogP contribution is 2.40. The van der Waals surface area contributed by atoms with Gasteiger partial charge in [0.15, 0.2) is 0 Å². The maximum Gasteiger partial charge on any atom is 0.204 e. The molecule has 1 aliphatic heterocycles. The Labute approximate surface area is 110 Å². The molecule has 1 aromatic rings. The van der Waals surface area contributed by atoms with Gasteiger partial charge in [-0.25, -0.2) is 5.53 Å². The monoisotopic (exact) mass is 249 g/mol. The summed E-state index contributed by atoms with van der Waals surface area (Å²) in [4.78, 5) is 12.2. The molecule has 2 aliphatic carbocycles. The summed E-state index contributed by atoms with van der Waals surface area (Å²) in [5.74, 6) is 0.0888. The van der Waals surface area contributed by atoms with Crippen molar-refractivity contribution in [3.8, 4) is 0 Å². The highest BCUT2D eigenvalue weighted by molar-refractivity contribution is 6.16. The van der Waals surface area contributed by atoms with E-state index < -0.39 is 0 Å². The van der Waals surface area contributed by atoms with Crippen LogP contribution >= 0.6 is 0 Å². The lowest BCUT2D eigenvalue weighted by molar-refractivity contribution is -0.111. The molecule has 0 aromatic heterocycles. The highest BCUT2D eigenvalue weighted by atomic mass is 16.1. The lowest BCUT2D eigenvalue weighted by Crippen LogP contribution is -2.38. The van der Waals surface area contributed by atoms with Gasteiger partial charge in [0, 0.05) is 11.5 Å². The van der Waals surface area contributed by atoms with Gasteiger partial charge in [0.05, 0.1) is 6.21 Å². The van der Waals surface area contributed by atoms with E-state index >= 15 is 0 Å². The van der Waals surface area contributed by atoms with Crippen molar-refractivity contribution in [2.45, 2.75) is 0 Å². The third-order valence-electron chi connectivity index (χ3n) is 3.68. The zero-order chi connectivity index (χ0) is 12.8. The molecular formula is C15H11N3O. The fraction of sp³-hybridized carbons (Fsp3) is 0.0667. The van der Waals surface area contributed by atoms with E-state index in [1.807, 2.05) is 12.1 Å². The predicted octanol–water partition coefficient (Wildman–Crippen LogP) is 1.64. The summed E-state index contributed by atoms with van der Waals surface area (Å²) in [6.07, 6.45) is 7.67. The molecule has 19 heavy (non-hydrogen) atoms. The van der Waals surface area contributed by atoms with Crippen LogP contribution in [0.15, 0.2) is 52.8 Å². The van der Waals surface area contributed by atoms with Crippen molar-refractivity contribution in [2.75, 3.05) is 0 Å². The Balaban J connectivity index is 1.92. The number of rotatable bonds is 0. The Morgan fingerprint density at radius 2 is 2.11 bits per heavy atom. The molecule has 0 bridgehead atoms. The topological polar surface area (TPSA) is 53.5 Å². The van der Waals surface area contributed by atoms with Gasteiger partial charge in [-0.2, -0.15) is 5.10 Å². The molecule has 92 valence electrons. The number of fused-ring (bicyclic) bond motifs is 4. The second-order valence-electron chi connectivity index (χ2n) is 4.71. The standard InChI is InChI=1S/C15H11N3O/c19-14-7-12-10-4-2-1-3-9(10)5-6-11(12)13-8-16-18-17-15(13)14/h1-8,11,17-18H. The lowest BCUT2D eigenvalue weighted by Gasteiger charge is -2.30. The zero-order valence-electron chi connectivity index (χ0n) is 10.1. The van der Waals surface area contributed by atoms with Crippen molar-refractivity contribution in [3.05, 3.63) is 58.8 Å². The van der Waals surface area contributed by atoms with E-state index in [-0.39, 0.29) is 11.7 Å². The van der Waals surface area contributed by atoms with E-state index in [1.54, 1.807) is 12.3 Å². The normalized spacial score (nSPS) is 22.8. The van der Waals surface area contributed by atoms with E-state index in [2.05, 4.69) is 40.3 Å². The summed E-state index contributed by atoms with van der Waals surface area (Å²) < 4.78 is 0. The molecule has 1 atom stereocenters. The summed E-state index contributed by atoms with van der Waals surface area (Å²) in [6.45, 7) is 0. The van der Waals surface area contributed by atoms with Crippen LogP contribution in [0.4, 0.5) is 0 Å². The Morgan fingerprint density at radius 3 is 3.05 bits per heavy atom. The maximum absolute atomic E-state index is 12.2. The van der Waals surface area contributed by atoms with E-state index in [0.29, 0.717) is 5.70 Å². The molecule has 2 N–H and O–H groups in total. The predicted molar refractivity (Wildman–Crippen MR) is 73.7 cm³/mol. The molecule has 4 rings (SSSR count). The van der Waals surface area contributed by atoms with E-state index in [1.165, 1.54) is 0 Å². The molecule has 4 heteroatoms. The van der Waals surface area contributed by atoms with Crippen LogP contribution in [0.2, 0.25) is 0 Å². The zero-order valence-corrected chi connectivity index (χ0v) is 10.1. The van der Waals surface area contributed by atoms with Crippen LogP contribution in [0.5, 0.6) is 0 Å². The Kier molecular flexibility index (Phi) is 2.00. The van der Waals surface area contributed by atoms with Crippen LogP contribution in [0, 0.1) is 5.92 Å². The molecule has 0 spiro atoms. The number of benzene rings is 1. The van der Waals surface area contributed by atoms with Gasteiger partial charge in [-0.15, -0.1) is 0 Å². The Hall–Kier alpha value is -2.62. The smallest absolute Gasteiger partial charge is 0.204 e. The molecule has 0 radical (unpaired) electrons. The molecule has 0 amide bonds. The number of carbonyl (C=O) groups excluding carboxylic acids is 1. The third-order valence-corrected chi connectivity index (χ3v) is 3.68. The fourth-order valence-electron chi connectivity index (χ4n) is 2.79. The summed E-state index contributed by atoms with van der Waals surface area (Å²) in [6, 6.07) is 8.13. The molecular weight excluding hydrogens is 238 g/mol. The van der Waals surface area contributed by atoms with Crippen LogP contribution in [0.3, 0.4) is 0 Å². The second-order valence-corrected chi connectivity index (χ2v) is 4.71. The van der Waals surface area contributed by atoms with Crippen LogP contribution in [-0.2, 0) is 4.79 Å². The number of hydrazine groups is 1. The van der Waals surface area contributed by atoms with Crippen LogP contribution in [-0.4, -0.2) is 12.0 Å². The van der Waals surface area contributed by atoms with Crippen LogP contribution in [0.25, 0.3) is 11.6 Å². The molecule has 1 aromatic carbocycles. The first-order valence-corrected chi connectivity index (χ1v) is 6.16. The van der Waals surface area contributed by atoms with Gasteiger partial charge in [-0.05, 0) is 22.8 Å². The molecule has 0 saturated carbocycles. The van der Waals surface area contributed by atoms with Gasteiger partial charge < -0.3 is 0 Å². The van der Waals surface area contributed by atoms with E-state index in [4.69, 9.17) is 0 Å². The average Bonchev–Trinajstić information content (AvgIpc) is 2.47. The minimum absolute atomic E-state index is 0.00926. The van der Waals surface area contributed by atoms with Gasteiger partial charge in [0.25, 0.3) is 0 Å². The van der Waals surface area contributed by atoms with Crippen molar-refractivity contribution in [1.82, 2.24) is 11.0 Å². The first-order valence-electron chi connectivity index (χ1n) is 6.16. The first-order chi connectivity index (χ1) is 9.34. The van der Waals surface area contributed by atoms with Crippen molar-refractivity contribution >= 4 is 23.6 Å². The van der Waals surface area contributed by atoms with Crippen molar-refractivity contribution < 1.29 is 4.79 Å². The van der Waals surface area contributed by atoms with Crippen LogP contribution in [0.1, 0.15) is 11.1 Å². The maximum atomic E-state index is 12.2. The minimum Gasteiger partial charge on any atom is -0.288 e. The first kappa shape index (κ1) is 10.3. The van der Waals surface area contributed by atoms with Gasteiger partial charge in [-0.1, -0.05) is 36.4 Å². The number of nitrogens with one attached hydrogen (secondary N) is 2. The number of hydrogen-bond donors (Lipinski definition) is 2. The summed E-state index contributed by atoms with van der Waals surface area (Å²) >= 11 is 0. The summed E-state index contributed by atoms with van der Waals surface area (Å²) in [7, 11) is 0. The van der Waals surface area contributed by atoms with E-state index in [0.717, 1.165) is 22.3 Å². The fourth-order valence-corrected chi connectivity index (χ4v) is 2.79. The summed E-state index contributed by atoms with van der Waals surface area (Å²) in [5.41, 5.74) is 10.3. The molecule has 3 aliphatic rings. The van der Waals surface area contributed by atoms with E-state index in [9.17, 15) is 4.79 Å². The molecule has 4 nitrogen and oxygen atoms in total. The molecule has 0 saturated heterocycles. The SMILES string of the molecule is O=C1C=C2c3ccccc3C=CC2C2=C1NNN=C2. The minimum atomic E-state index is -0.00926. The number of hydrazone groups is 1. The van der Waals surface area contributed by atoms with Crippen molar-refractivity contribution in [2.24, 2.45) is 11.0 Å². The molecule has 1 unspecified atom stereocenters. The van der Waals surface area contributed by atoms with Crippen molar-refractivity contribution in [1.29, 1.82) is 0 Å². The number of carbonyl (C=O) groups is 1. The van der Waals surface area contributed by atoms with Crippen LogP contribution < -0.4 is 11.0 Å². The Bertz CT molecular complexity index is 710. The number of nitrogens with zero attached hydrogens (tertiary/aromatic N) is 1. The van der Waals surface area contributed by atoms with Gasteiger partial charge >= 0.3 is 0 Å². The number of ketones is 1. The number of allylic oxidation sites excluding steroid dienone is 4. The lowest BCUT2D eigenvalue weighted by atomic mass is 9.76. The number of hydrogen-bond acceptors (Lipinski definition) is 4. The van der Waals surface area contributed by atoms with Crippen molar-refractivity contribution in [3.63, 3.8) is 0 Å². The quantitative estimate of drug-likeness (QED) is 0.735. The third kappa shape index (κ3) is 1.40.